The van der Waals surface area contributed by atoms with Crippen molar-refractivity contribution < 1.29 is 9.49 Å². The molecule has 1 aromatic carbocycles. The number of rotatable bonds is 4. The number of nitro benzene ring substituents is 1. The van der Waals surface area contributed by atoms with Gasteiger partial charge in [-0.2, -0.15) is 0 Å². The van der Waals surface area contributed by atoms with E-state index in [-0.39, 0.29) is 10.6 Å². The molecular formula is C15H19N4O2+. The summed E-state index contributed by atoms with van der Waals surface area (Å²) in [6.07, 6.45) is 8.50. The van der Waals surface area contributed by atoms with Crippen molar-refractivity contribution in [1.29, 1.82) is 0 Å². The predicted octanol–water partition coefficient (Wildman–Crippen LogP) is 1.89. The van der Waals surface area contributed by atoms with E-state index < -0.39 is 0 Å². The van der Waals surface area contributed by atoms with Crippen LogP contribution in [-0.2, 0) is 13.6 Å². The van der Waals surface area contributed by atoms with Crippen LogP contribution in [0, 0.1) is 10.1 Å². The van der Waals surface area contributed by atoms with Crippen molar-refractivity contribution in [2.24, 2.45) is 7.05 Å². The number of imidazole rings is 1. The molecule has 1 fully saturated rings. The van der Waals surface area contributed by atoms with Gasteiger partial charge in [0.15, 0.2) is 0 Å². The zero-order chi connectivity index (χ0) is 14.8. The second-order valence-corrected chi connectivity index (χ2v) is 5.54. The number of hydrogen-bond acceptors (Lipinski definition) is 3. The Morgan fingerprint density at radius 2 is 2.14 bits per heavy atom. The third-order valence-electron chi connectivity index (χ3n) is 4.01. The van der Waals surface area contributed by atoms with Crippen LogP contribution in [0.2, 0.25) is 0 Å². The summed E-state index contributed by atoms with van der Waals surface area (Å²) in [5.41, 5.74) is 1.21. The van der Waals surface area contributed by atoms with Crippen LogP contribution in [0.5, 0.6) is 0 Å². The monoisotopic (exact) mass is 287 g/mol. The summed E-state index contributed by atoms with van der Waals surface area (Å²) in [5.74, 6) is 0. The Morgan fingerprint density at radius 1 is 1.38 bits per heavy atom. The van der Waals surface area contributed by atoms with Crippen LogP contribution in [0.1, 0.15) is 12.8 Å². The van der Waals surface area contributed by atoms with Gasteiger partial charge in [0.05, 0.1) is 18.0 Å². The zero-order valence-corrected chi connectivity index (χ0v) is 12.1. The van der Waals surface area contributed by atoms with Crippen LogP contribution >= 0.6 is 0 Å². The van der Waals surface area contributed by atoms with Gasteiger partial charge in [-0.05, 0) is 25.0 Å². The number of aromatic nitrogens is 2. The smallest absolute Gasteiger partial charge is 0.269 e. The van der Waals surface area contributed by atoms with E-state index in [4.69, 9.17) is 0 Å². The number of nitrogens with zero attached hydrogens (tertiary/aromatic N) is 4. The molecule has 2 aromatic rings. The van der Waals surface area contributed by atoms with Crippen LogP contribution in [0.3, 0.4) is 0 Å². The summed E-state index contributed by atoms with van der Waals surface area (Å²) in [6, 6.07) is 7.32. The number of aryl methyl sites for hydroxylation is 1. The molecule has 2 heterocycles. The number of hydrogen-bond donors (Lipinski definition) is 0. The maximum atomic E-state index is 10.7. The van der Waals surface area contributed by atoms with Crippen LogP contribution in [0.4, 0.5) is 11.4 Å². The fraction of sp³-hybridized carbons (Fsp3) is 0.400. The van der Waals surface area contributed by atoms with Crippen molar-refractivity contribution in [2.45, 2.75) is 25.4 Å². The van der Waals surface area contributed by atoms with Gasteiger partial charge in [0.2, 0.25) is 6.33 Å². The number of nitro groups is 1. The normalized spacial score (nSPS) is 18.1. The average molecular weight is 287 g/mol. The van der Waals surface area contributed by atoms with Crippen molar-refractivity contribution in [3.8, 4) is 0 Å². The van der Waals surface area contributed by atoms with E-state index in [9.17, 15) is 10.1 Å². The molecule has 21 heavy (non-hydrogen) atoms. The zero-order valence-electron chi connectivity index (χ0n) is 12.1. The highest BCUT2D eigenvalue weighted by atomic mass is 16.6. The summed E-state index contributed by atoms with van der Waals surface area (Å²) in [7, 11) is 2.01. The Bertz CT molecular complexity index is 635. The molecule has 0 aliphatic carbocycles. The molecule has 0 unspecified atom stereocenters. The highest BCUT2D eigenvalue weighted by molar-refractivity contribution is 5.52. The van der Waals surface area contributed by atoms with Gasteiger partial charge in [0, 0.05) is 24.4 Å². The Balaban J connectivity index is 1.75. The van der Waals surface area contributed by atoms with Gasteiger partial charge in [0.1, 0.15) is 18.9 Å². The minimum Gasteiger partial charge on any atom is -0.365 e. The van der Waals surface area contributed by atoms with Gasteiger partial charge < -0.3 is 4.90 Å². The summed E-state index contributed by atoms with van der Waals surface area (Å²) in [4.78, 5) is 12.7. The molecule has 0 N–H and O–H groups in total. The largest absolute Gasteiger partial charge is 0.365 e. The molecule has 0 saturated carbocycles. The third kappa shape index (κ3) is 2.89. The molecule has 1 saturated heterocycles. The van der Waals surface area contributed by atoms with E-state index in [0.29, 0.717) is 6.04 Å². The summed E-state index contributed by atoms with van der Waals surface area (Å²) in [5, 5.41) is 10.7. The van der Waals surface area contributed by atoms with Crippen molar-refractivity contribution in [1.82, 2.24) is 4.57 Å². The van der Waals surface area contributed by atoms with Gasteiger partial charge in [-0.15, -0.1) is 0 Å². The van der Waals surface area contributed by atoms with Crippen LogP contribution in [0.15, 0.2) is 43.0 Å². The quantitative estimate of drug-likeness (QED) is 0.490. The average Bonchev–Trinajstić information content (AvgIpc) is 3.09. The summed E-state index contributed by atoms with van der Waals surface area (Å²) < 4.78 is 4.22. The molecule has 1 aliphatic rings. The molecule has 6 nitrogen and oxygen atoms in total. The fourth-order valence-electron chi connectivity index (χ4n) is 2.98. The predicted molar refractivity (Wildman–Crippen MR) is 79.1 cm³/mol. The minimum atomic E-state index is -0.356. The lowest BCUT2D eigenvalue weighted by Crippen LogP contribution is -2.33. The first kappa shape index (κ1) is 13.6. The van der Waals surface area contributed by atoms with Crippen molar-refractivity contribution in [3.05, 3.63) is 53.1 Å². The Morgan fingerprint density at radius 3 is 2.76 bits per heavy atom. The molecule has 110 valence electrons. The van der Waals surface area contributed by atoms with E-state index in [2.05, 4.69) is 22.0 Å². The van der Waals surface area contributed by atoms with E-state index in [1.807, 2.05) is 29.9 Å². The van der Waals surface area contributed by atoms with E-state index in [1.54, 1.807) is 12.1 Å². The van der Waals surface area contributed by atoms with Gasteiger partial charge in [-0.25, -0.2) is 9.13 Å². The van der Waals surface area contributed by atoms with Crippen LogP contribution < -0.4 is 9.47 Å². The van der Waals surface area contributed by atoms with Crippen molar-refractivity contribution in [3.63, 3.8) is 0 Å². The molecule has 3 rings (SSSR count). The Kier molecular flexibility index (Phi) is 3.60. The molecule has 0 radical (unpaired) electrons. The van der Waals surface area contributed by atoms with Gasteiger partial charge in [0.25, 0.3) is 5.69 Å². The standard InChI is InChI=1S/C15H19N4O2/c1-16-9-10-17(12-16)11-15-3-2-8-18(15)13-4-6-14(7-5-13)19(20)21/h4-7,9-10,12,15H,2-3,8,11H2,1H3/q+1/t15-/m0/s1. The van der Waals surface area contributed by atoms with Crippen molar-refractivity contribution >= 4 is 11.4 Å². The molecular weight excluding hydrogens is 268 g/mol. The Labute approximate surface area is 123 Å². The van der Waals surface area contributed by atoms with Crippen molar-refractivity contribution in [2.75, 3.05) is 11.4 Å². The first-order valence-corrected chi connectivity index (χ1v) is 7.15. The topological polar surface area (TPSA) is 55.2 Å². The number of anilines is 1. The lowest BCUT2D eigenvalue weighted by Gasteiger charge is -2.25. The highest BCUT2D eigenvalue weighted by Gasteiger charge is 2.27. The lowest BCUT2D eigenvalue weighted by atomic mass is 10.2. The van der Waals surface area contributed by atoms with Crippen LogP contribution in [-0.4, -0.2) is 22.1 Å². The molecule has 1 aromatic heterocycles. The molecule has 0 bridgehead atoms. The molecule has 1 atom stereocenters. The maximum Gasteiger partial charge on any atom is 0.269 e. The van der Waals surface area contributed by atoms with Gasteiger partial charge in [-0.1, -0.05) is 0 Å². The minimum absolute atomic E-state index is 0.145. The first-order valence-electron chi connectivity index (χ1n) is 7.15. The Hall–Kier alpha value is -2.37. The molecule has 1 aliphatic heterocycles. The fourth-order valence-corrected chi connectivity index (χ4v) is 2.98. The maximum absolute atomic E-state index is 10.7. The van der Waals surface area contributed by atoms with E-state index >= 15 is 0 Å². The van der Waals surface area contributed by atoms with E-state index in [1.165, 1.54) is 0 Å². The SMILES string of the molecule is C[n+]1ccn(C[C@@H]2CCCN2c2ccc([N+](=O)[O-])cc2)c1. The van der Waals surface area contributed by atoms with Crippen LogP contribution in [0.25, 0.3) is 0 Å². The van der Waals surface area contributed by atoms with Gasteiger partial charge in [-0.3, -0.25) is 10.1 Å². The van der Waals surface area contributed by atoms with E-state index in [0.717, 1.165) is 31.6 Å². The summed E-state index contributed by atoms with van der Waals surface area (Å²) in [6.45, 7) is 1.95. The number of benzene rings is 1. The first-order chi connectivity index (χ1) is 10.1. The lowest BCUT2D eigenvalue weighted by molar-refractivity contribution is -0.671. The van der Waals surface area contributed by atoms with Gasteiger partial charge >= 0.3 is 0 Å². The second-order valence-electron chi connectivity index (χ2n) is 5.54. The molecule has 0 spiro atoms. The molecule has 6 heteroatoms. The number of non-ortho nitro benzene ring substituents is 1. The highest BCUT2D eigenvalue weighted by Crippen LogP contribution is 2.27. The third-order valence-corrected chi connectivity index (χ3v) is 4.01. The second kappa shape index (κ2) is 5.55. The summed E-state index contributed by atoms with van der Waals surface area (Å²) >= 11 is 0. The molecule has 0 amide bonds.